The Kier molecular flexibility index (Phi) is 4.57. The van der Waals surface area contributed by atoms with Crippen molar-refractivity contribution >= 4 is 5.95 Å². The Labute approximate surface area is 110 Å². The highest BCUT2D eigenvalue weighted by Crippen LogP contribution is 1.98. The van der Waals surface area contributed by atoms with Crippen molar-refractivity contribution in [2.45, 2.75) is 6.54 Å². The van der Waals surface area contributed by atoms with Crippen LogP contribution in [0.2, 0.25) is 0 Å². The molecule has 2 aromatic heterocycles. The highest BCUT2D eigenvalue weighted by molar-refractivity contribution is 5.21. The molecule has 0 aromatic carbocycles. The van der Waals surface area contributed by atoms with Gasteiger partial charge in [-0.25, -0.2) is 9.78 Å². The van der Waals surface area contributed by atoms with E-state index in [1.807, 2.05) is 12.1 Å². The lowest BCUT2D eigenvalue weighted by Crippen LogP contribution is -2.25. The van der Waals surface area contributed by atoms with E-state index in [0.717, 1.165) is 5.56 Å². The fourth-order valence-corrected chi connectivity index (χ4v) is 1.50. The predicted molar refractivity (Wildman–Crippen MR) is 70.0 cm³/mol. The second kappa shape index (κ2) is 6.60. The molecular formula is C12H15N5O2. The molecule has 7 nitrogen and oxygen atoms in total. The van der Waals surface area contributed by atoms with Crippen molar-refractivity contribution in [2.24, 2.45) is 0 Å². The minimum Gasteiger partial charge on any atom is -0.383 e. The van der Waals surface area contributed by atoms with Crippen LogP contribution in [0.5, 0.6) is 0 Å². The van der Waals surface area contributed by atoms with Crippen molar-refractivity contribution < 1.29 is 4.74 Å². The van der Waals surface area contributed by atoms with Crippen molar-refractivity contribution in [3.05, 3.63) is 46.9 Å². The Morgan fingerprint density at radius 2 is 2.16 bits per heavy atom. The molecule has 0 aliphatic rings. The van der Waals surface area contributed by atoms with Crippen LogP contribution in [0.4, 0.5) is 5.95 Å². The van der Waals surface area contributed by atoms with Gasteiger partial charge in [-0.1, -0.05) is 0 Å². The van der Waals surface area contributed by atoms with E-state index in [4.69, 9.17) is 4.74 Å². The zero-order chi connectivity index (χ0) is 13.5. The molecule has 0 spiro atoms. The predicted octanol–water partition coefficient (Wildman–Crippen LogP) is 0.140. The normalized spacial score (nSPS) is 10.4. The highest BCUT2D eigenvalue weighted by Gasteiger charge is 2.02. The Bertz CT molecular complexity index is 570. The highest BCUT2D eigenvalue weighted by atomic mass is 16.5. The van der Waals surface area contributed by atoms with Crippen LogP contribution in [0.15, 0.2) is 35.6 Å². The first-order valence-corrected chi connectivity index (χ1v) is 5.85. The summed E-state index contributed by atoms with van der Waals surface area (Å²) in [5.74, 6) is 0.313. The molecule has 2 rings (SSSR count). The summed E-state index contributed by atoms with van der Waals surface area (Å²) >= 11 is 0. The van der Waals surface area contributed by atoms with Crippen LogP contribution in [0.1, 0.15) is 5.56 Å². The molecule has 0 unspecified atom stereocenters. The molecule has 2 aromatic rings. The molecule has 1 N–H and O–H groups in total. The van der Waals surface area contributed by atoms with Gasteiger partial charge in [-0.05, 0) is 17.7 Å². The van der Waals surface area contributed by atoms with Gasteiger partial charge in [0.15, 0.2) is 0 Å². The first kappa shape index (κ1) is 13.2. The van der Waals surface area contributed by atoms with Gasteiger partial charge in [0.2, 0.25) is 5.95 Å². The van der Waals surface area contributed by atoms with Crippen molar-refractivity contribution in [2.75, 3.05) is 25.6 Å². The third-order valence-corrected chi connectivity index (χ3v) is 2.46. The second-order valence-electron chi connectivity index (χ2n) is 3.87. The molecule has 19 heavy (non-hydrogen) atoms. The van der Waals surface area contributed by atoms with Crippen LogP contribution in [0, 0.1) is 0 Å². The van der Waals surface area contributed by atoms with E-state index in [2.05, 4.69) is 20.3 Å². The molecule has 0 aliphatic heterocycles. The van der Waals surface area contributed by atoms with Crippen LogP contribution in [0.3, 0.4) is 0 Å². The molecule has 0 aliphatic carbocycles. The third kappa shape index (κ3) is 3.85. The molecule has 0 atom stereocenters. The maximum absolute atomic E-state index is 11.8. The number of nitrogens with zero attached hydrogens (tertiary/aromatic N) is 4. The summed E-state index contributed by atoms with van der Waals surface area (Å²) in [6.07, 6.45) is 4.84. The van der Waals surface area contributed by atoms with Gasteiger partial charge >= 0.3 is 5.69 Å². The molecule has 0 saturated carbocycles. The summed E-state index contributed by atoms with van der Waals surface area (Å²) in [4.78, 5) is 23.7. The maximum atomic E-state index is 11.8. The van der Waals surface area contributed by atoms with Gasteiger partial charge < -0.3 is 10.1 Å². The molecule has 7 heteroatoms. The van der Waals surface area contributed by atoms with Gasteiger partial charge in [0.25, 0.3) is 0 Å². The fourth-order valence-electron chi connectivity index (χ4n) is 1.50. The first-order valence-electron chi connectivity index (χ1n) is 5.85. The molecule has 0 saturated heterocycles. The summed E-state index contributed by atoms with van der Waals surface area (Å²) in [6, 6.07) is 3.69. The lowest BCUT2D eigenvalue weighted by molar-refractivity contribution is 0.210. The zero-order valence-corrected chi connectivity index (χ0v) is 10.6. The first-order chi connectivity index (χ1) is 9.29. The van der Waals surface area contributed by atoms with Crippen LogP contribution in [-0.2, 0) is 11.3 Å². The van der Waals surface area contributed by atoms with Crippen molar-refractivity contribution in [1.82, 2.24) is 19.5 Å². The summed E-state index contributed by atoms with van der Waals surface area (Å²) in [6.45, 7) is 1.52. The minimum atomic E-state index is -0.341. The number of methoxy groups -OCH3 is 1. The minimum absolute atomic E-state index is 0.313. The van der Waals surface area contributed by atoms with Gasteiger partial charge in [0.05, 0.1) is 13.2 Å². The van der Waals surface area contributed by atoms with Gasteiger partial charge in [0, 0.05) is 26.0 Å². The average molecular weight is 261 g/mol. The van der Waals surface area contributed by atoms with Gasteiger partial charge in [-0.3, -0.25) is 9.55 Å². The van der Waals surface area contributed by atoms with E-state index in [-0.39, 0.29) is 5.69 Å². The SMILES string of the molecule is COCCNc1ncn(Cc2ccncc2)c(=O)n1. The Hall–Kier alpha value is -2.28. The smallest absolute Gasteiger partial charge is 0.352 e. The Morgan fingerprint density at radius 3 is 2.84 bits per heavy atom. The molecule has 0 amide bonds. The molecule has 2 heterocycles. The van der Waals surface area contributed by atoms with E-state index in [1.54, 1.807) is 19.5 Å². The standard InChI is InChI=1S/C12H15N5O2/c1-19-7-6-14-11-15-9-17(12(18)16-11)8-10-2-4-13-5-3-10/h2-5,9H,6-8H2,1H3,(H,14,16,18). The van der Waals surface area contributed by atoms with Crippen LogP contribution in [0.25, 0.3) is 0 Å². The fraction of sp³-hybridized carbons (Fsp3) is 0.333. The largest absolute Gasteiger partial charge is 0.383 e. The quantitative estimate of drug-likeness (QED) is 0.745. The molecule has 0 bridgehead atoms. The second-order valence-corrected chi connectivity index (χ2v) is 3.87. The van der Waals surface area contributed by atoms with E-state index >= 15 is 0 Å². The monoisotopic (exact) mass is 261 g/mol. The van der Waals surface area contributed by atoms with E-state index in [9.17, 15) is 4.79 Å². The van der Waals surface area contributed by atoms with E-state index in [0.29, 0.717) is 25.6 Å². The number of hydrogen-bond acceptors (Lipinski definition) is 6. The van der Waals surface area contributed by atoms with Crippen LogP contribution >= 0.6 is 0 Å². The van der Waals surface area contributed by atoms with Gasteiger partial charge in [-0.2, -0.15) is 4.98 Å². The Morgan fingerprint density at radius 1 is 1.37 bits per heavy atom. The summed E-state index contributed by atoms with van der Waals surface area (Å²) < 4.78 is 6.33. The average Bonchev–Trinajstić information content (AvgIpc) is 2.43. The number of rotatable bonds is 6. The number of ether oxygens (including phenoxy) is 1. The number of hydrogen-bond donors (Lipinski definition) is 1. The maximum Gasteiger partial charge on any atom is 0.352 e. The van der Waals surface area contributed by atoms with Crippen LogP contribution in [-0.4, -0.2) is 39.8 Å². The number of anilines is 1. The summed E-state index contributed by atoms with van der Waals surface area (Å²) in [5, 5.41) is 2.91. The molecular weight excluding hydrogens is 246 g/mol. The molecule has 100 valence electrons. The van der Waals surface area contributed by atoms with E-state index in [1.165, 1.54) is 10.9 Å². The third-order valence-electron chi connectivity index (χ3n) is 2.46. The number of aromatic nitrogens is 4. The summed E-state index contributed by atoms with van der Waals surface area (Å²) in [7, 11) is 1.61. The van der Waals surface area contributed by atoms with Crippen molar-refractivity contribution in [3.8, 4) is 0 Å². The zero-order valence-electron chi connectivity index (χ0n) is 10.6. The number of nitrogens with one attached hydrogen (secondary N) is 1. The van der Waals surface area contributed by atoms with Crippen molar-refractivity contribution in [1.29, 1.82) is 0 Å². The van der Waals surface area contributed by atoms with Gasteiger partial charge in [-0.15, -0.1) is 0 Å². The molecule has 0 fully saturated rings. The summed E-state index contributed by atoms with van der Waals surface area (Å²) in [5.41, 5.74) is 0.632. The van der Waals surface area contributed by atoms with Crippen molar-refractivity contribution in [3.63, 3.8) is 0 Å². The topological polar surface area (TPSA) is 81.9 Å². The number of pyridine rings is 1. The van der Waals surface area contributed by atoms with E-state index < -0.39 is 0 Å². The van der Waals surface area contributed by atoms with Crippen LogP contribution < -0.4 is 11.0 Å². The molecule has 0 radical (unpaired) electrons. The Balaban J connectivity index is 2.05. The van der Waals surface area contributed by atoms with Gasteiger partial charge in [0.1, 0.15) is 6.33 Å². The lowest BCUT2D eigenvalue weighted by Gasteiger charge is -2.06. The lowest BCUT2D eigenvalue weighted by atomic mass is 10.3.